The molecule has 0 amide bonds. The van der Waals surface area contributed by atoms with E-state index in [-0.39, 0.29) is 6.61 Å². The fourth-order valence-electron chi connectivity index (χ4n) is 5.49. The summed E-state index contributed by atoms with van der Waals surface area (Å²) >= 11 is 0. The molecule has 0 radical (unpaired) electrons. The molecule has 31 heavy (non-hydrogen) atoms. The first-order chi connectivity index (χ1) is 15.3. The van der Waals surface area contributed by atoms with Crippen molar-refractivity contribution in [1.29, 1.82) is 0 Å². The van der Waals surface area contributed by atoms with Gasteiger partial charge in [-0.2, -0.15) is 5.10 Å². The van der Waals surface area contributed by atoms with Crippen molar-refractivity contribution in [3.05, 3.63) is 36.3 Å². The Morgan fingerprint density at radius 1 is 1.06 bits per heavy atom. The molecule has 2 aromatic rings. The van der Waals surface area contributed by atoms with E-state index in [4.69, 9.17) is 4.98 Å². The topological polar surface area (TPSA) is 70.3 Å². The molecule has 0 spiro atoms. The van der Waals surface area contributed by atoms with E-state index >= 15 is 0 Å². The van der Waals surface area contributed by atoms with Crippen molar-refractivity contribution in [3.8, 4) is 11.3 Å². The molecule has 0 bridgehead atoms. The highest BCUT2D eigenvalue weighted by molar-refractivity contribution is 5.63. The summed E-state index contributed by atoms with van der Waals surface area (Å²) in [5.74, 6) is 1.57. The summed E-state index contributed by atoms with van der Waals surface area (Å²) in [6.45, 7) is 4.96. The zero-order valence-electron chi connectivity index (χ0n) is 18.4. The molecule has 2 aromatic heterocycles. The van der Waals surface area contributed by atoms with Gasteiger partial charge in [0.15, 0.2) is 0 Å². The van der Waals surface area contributed by atoms with E-state index in [1.54, 1.807) is 0 Å². The first-order valence-corrected chi connectivity index (χ1v) is 12.0. The van der Waals surface area contributed by atoms with Gasteiger partial charge in [-0.05, 0) is 63.5 Å². The second kappa shape index (κ2) is 9.49. The highest BCUT2D eigenvalue weighted by Gasteiger charge is 2.33. The number of hydrogen-bond donors (Lipinski definition) is 1. The zero-order valence-corrected chi connectivity index (χ0v) is 18.4. The van der Waals surface area contributed by atoms with Gasteiger partial charge < -0.3 is 10.0 Å². The van der Waals surface area contributed by atoms with E-state index in [1.807, 2.05) is 23.1 Å². The molecule has 5 rings (SSSR count). The third-order valence-corrected chi connectivity index (χ3v) is 7.05. The number of rotatable bonds is 7. The molecule has 1 aliphatic carbocycles. The Bertz CT molecular complexity index is 903. The summed E-state index contributed by atoms with van der Waals surface area (Å²) in [5.41, 5.74) is 3.25. The van der Waals surface area contributed by atoms with Crippen molar-refractivity contribution in [3.63, 3.8) is 0 Å². The summed E-state index contributed by atoms with van der Waals surface area (Å²) in [6, 6.07) is 2.34. The fraction of sp³-hybridized carbons (Fsp3) is 0.625. The third-order valence-electron chi connectivity index (χ3n) is 7.05. The number of allylic oxidation sites excluding steroid dienone is 2. The maximum absolute atomic E-state index is 9.67. The van der Waals surface area contributed by atoms with Crippen molar-refractivity contribution >= 4 is 5.95 Å². The lowest BCUT2D eigenvalue weighted by Crippen LogP contribution is -2.31. The summed E-state index contributed by atoms with van der Waals surface area (Å²) in [6.07, 6.45) is 16.9. The Balaban J connectivity index is 1.46. The molecule has 2 saturated heterocycles. The van der Waals surface area contributed by atoms with Crippen LogP contribution in [0.2, 0.25) is 0 Å². The van der Waals surface area contributed by atoms with Crippen LogP contribution < -0.4 is 4.90 Å². The molecule has 166 valence electrons. The van der Waals surface area contributed by atoms with Crippen molar-refractivity contribution in [2.45, 2.75) is 57.5 Å². The van der Waals surface area contributed by atoms with Crippen molar-refractivity contribution in [1.82, 2.24) is 24.6 Å². The average molecular weight is 423 g/mol. The van der Waals surface area contributed by atoms with Crippen LogP contribution >= 0.6 is 0 Å². The van der Waals surface area contributed by atoms with Crippen LogP contribution in [0.1, 0.15) is 56.7 Å². The van der Waals surface area contributed by atoms with Crippen molar-refractivity contribution in [2.75, 3.05) is 37.7 Å². The molecule has 2 fully saturated rings. The van der Waals surface area contributed by atoms with E-state index in [0.717, 1.165) is 55.7 Å². The van der Waals surface area contributed by atoms with E-state index in [0.29, 0.717) is 12.6 Å². The third kappa shape index (κ3) is 4.39. The van der Waals surface area contributed by atoms with Gasteiger partial charge in [0.25, 0.3) is 0 Å². The molecule has 2 aliphatic heterocycles. The van der Waals surface area contributed by atoms with E-state index in [2.05, 4.69) is 32.0 Å². The first-order valence-electron chi connectivity index (χ1n) is 12.0. The van der Waals surface area contributed by atoms with Gasteiger partial charge in [0.05, 0.1) is 36.8 Å². The van der Waals surface area contributed by atoms with Gasteiger partial charge in [0.2, 0.25) is 5.95 Å². The van der Waals surface area contributed by atoms with E-state index < -0.39 is 0 Å². The highest BCUT2D eigenvalue weighted by Crippen LogP contribution is 2.39. The molecule has 1 N–H and O–H groups in total. The standard InChI is InChI=1S/C24H34N6O/c31-16-15-30-23(22-9-6-14-29(22)18-19-7-2-1-3-8-19)20(17-26-30)21-10-11-25-24(27-21)28-12-4-5-13-28/h1-2,10-11,17,19,22,31H,3-9,12-16,18H2/t19-,22-/m0/s1. The van der Waals surface area contributed by atoms with Crippen LogP contribution in [0, 0.1) is 5.92 Å². The van der Waals surface area contributed by atoms with Crippen LogP contribution in [0.5, 0.6) is 0 Å². The molecule has 0 aromatic carbocycles. The van der Waals surface area contributed by atoms with Crippen molar-refractivity contribution in [2.24, 2.45) is 5.92 Å². The maximum atomic E-state index is 9.67. The SMILES string of the molecule is OCCn1ncc(-c2ccnc(N3CCCC3)n2)c1[C@@H]1CCCN1C[C@H]1CC=CCC1. The number of likely N-dealkylation sites (tertiary alicyclic amines) is 1. The van der Waals surface area contributed by atoms with Crippen LogP contribution in [0.25, 0.3) is 11.3 Å². The minimum Gasteiger partial charge on any atom is -0.394 e. The van der Waals surface area contributed by atoms with Crippen LogP contribution in [0.3, 0.4) is 0 Å². The maximum Gasteiger partial charge on any atom is 0.225 e. The monoisotopic (exact) mass is 422 g/mol. The highest BCUT2D eigenvalue weighted by atomic mass is 16.3. The van der Waals surface area contributed by atoms with Gasteiger partial charge in [-0.25, -0.2) is 9.97 Å². The van der Waals surface area contributed by atoms with Gasteiger partial charge in [0.1, 0.15) is 0 Å². The quantitative estimate of drug-likeness (QED) is 0.690. The van der Waals surface area contributed by atoms with Crippen LogP contribution in [-0.4, -0.2) is 62.5 Å². The Hall–Kier alpha value is -2.25. The summed E-state index contributed by atoms with van der Waals surface area (Å²) in [7, 11) is 0. The van der Waals surface area contributed by atoms with Crippen LogP contribution in [0.15, 0.2) is 30.6 Å². The largest absolute Gasteiger partial charge is 0.394 e. The fourth-order valence-corrected chi connectivity index (χ4v) is 5.49. The van der Waals surface area contributed by atoms with Gasteiger partial charge in [-0.3, -0.25) is 9.58 Å². The summed E-state index contributed by atoms with van der Waals surface area (Å²) in [5, 5.41) is 14.3. The smallest absolute Gasteiger partial charge is 0.225 e. The van der Waals surface area contributed by atoms with Crippen molar-refractivity contribution < 1.29 is 5.11 Å². The second-order valence-corrected chi connectivity index (χ2v) is 9.13. The van der Waals surface area contributed by atoms with E-state index in [9.17, 15) is 5.11 Å². The molecular weight excluding hydrogens is 388 g/mol. The van der Waals surface area contributed by atoms with Crippen LogP contribution in [-0.2, 0) is 6.54 Å². The number of nitrogens with zero attached hydrogens (tertiary/aromatic N) is 6. The minimum absolute atomic E-state index is 0.0943. The average Bonchev–Trinajstić information content (AvgIpc) is 3.56. The molecule has 7 heteroatoms. The Morgan fingerprint density at radius 2 is 1.97 bits per heavy atom. The summed E-state index contributed by atoms with van der Waals surface area (Å²) < 4.78 is 2.01. The zero-order chi connectivity index (χ0) is 21.0. The number of aromatic nitrogens is 4. The molecule has 0 unspecified atom stereocenters. The predicted molar refractivity (Wildman–Crippen MR) is 122 cm³/mol. The Morgan fingerprint density at radius 3 is 2.77 bits per heavy atom. The second-order valence-electron chi connectivity index (χ2n) is 9.13. The predicted octanol–water partition coefficient (Wildman–Crippen LogP) is 3.43. The normalized spacial score (nSPS) is 24.4. The lowest BCUT2D eigenvalue weighted by atomic mass is 9.93. The lowest BCUT2D eigenvalue weighted by Gasteiger charge is -2.30. The van der Waals surface area contributed by atoms with Gasteiger partial charge in [-0.1, -0.05) is 12.2 Å². The van der Waals surface area contributed by atoms with E-state index in [1.165, 1.54) is 44.2 Å². The minimum atomic E-state index is 0.0943. The number of anilines is 1. The Kier molecular flexibility index (Phi) is 6.32. The number of hydrogen-bond acceptors (Lipinski definition) is 6. The first kappa shape index (κ1) is 20.6. The lowest BCUT2D eigenvalue weighted by molar-refractivity contribution is 0.197. The number of aliphatic hydroxyl groups excluding tert-OH is 1. The molecule has 7 nitrogen and oxygen atoms in total. The van der Waals surface area contributed by atoms with Gasteiger partial charge in [-0.15, -0.1) is 0 Å². The molecule has 2 atom stereocenters. The molecular formula is C24H34N6O. The molecule has 4 heterocycles. The van der Waals surface area contributed by atoms with Gasteiger partial charge >= 0.3 is 0 Å². The molecule has 3 aliphatic rings. The number of aliphatic hydroxyl groups is 1. The van der Waals surface area contributed by atoms with Gasteiger partial charge in [0, 0.05) is 31.4 Å². The van der Waals surface area contributed by atoms with Crippen LogP contribution in [0.4, 0.5) is 5.95 Å². The Labute approximate surface area is 184 Å². The summed E-state index contributed by atoms with van der Waals surface area (Å²) in [4.78, 5) is 14.4. The molecule has 0 saturated carbocycles.